The Balaban J connectivity index is 1.82. The summed E-state index contributed by atoms with van der Waals surface area (Å²) in [6.07, 6.45) is 1.63. The average Bonchev–Trinajstić information content (AvgIpc) is 3.07. The third-order valence-corrected chi connectivity index (χ3v) is 5.13. The molecule has 4 rings (SSSR count). The largest absolute Gasteiger partial charge is 0.508 e. The molecule has 1 heterocycles. The Bertz CT molecular complexity index is 1170. The lowest BCUT2D eigenvalue weighted by atomic mass is 10.1. The van der Waals surface area contributed by atoms with E-state index in [-0.39, 0.29) is 17.4 Å². The highest BCUT2D eigenvalue weighted by molar-refractivity contribution is 6.36. The monoisotopic (exact) mass is 438 g/mol. The molecule has 3 aromatic carbocycles. The number of carbonyl (C=O) groups excluding carboxylic acids is 1. The predicted octanol–water partition coefficient (Wildman–Crippen LogP) is 5.54. The number of phenolic OH excluding ortho intramolecular Hbond substituents is 1. The van der Waals surface area contributed by atoms with Crippen LogP contribution >= 0.6 is 23.2 Å². The Hall–Kier alpha value is -3.28. The molecule has 0 unspecified atom stereocenters. The van der Waals surface area contributed by atoms with Crippen LogP contribution < -0.4 is 9.64 Å². The van der Waals surface area contributed by atoms with Gasteiger partial charge in [0, 0.05) is 15.6 Å². The van der Waals surface area contributed by atoms with Gasteiger partial charge in [0.05, 0.1) is 12.8 Å². The number of hydrogen-bond donors (Lipinski definition) is 1. The van der Waals surface area contributed by atoms with Crippen molar-refractivity contribution in [1.82, 2.24) is 0 Å². The summed E-state index contributed by atoms with van der Waals surface area (Å²) >= 11 is 12.2. The van der Waals surface area contributed by atoms with Crippen LogP contribution in [0.2, 0.25) is 10.0 Å². The second kappa shape index (κ2) is 8.22. The number of aliphatic imine (C=N–C) groups is 1. The molecule has 0 saturated carbocycles. The molecule has 0 radical (unpaired) electrons. The number of rotatable bonds is 4. The lowest BCUT2D eigenvalue weighted by Crippen LogP contribution is -2.32. The molecule has 0 spiro atoms. The van der Waals surface area contributed by atoms with Crippen LogP contribution in [0.15, 0.2) is 77.4 Å². The molecule has 0 aromatic heterocycles. The minimum atomic E-state index is -0.308. The first-order valence-corrected chi connectivity index (χ1v) is 9.75. The molecular formula is C23H16Cl2N2O3. The number of benzene rings is 3. The van der Waals surface area contributed by atoms with Gasteiger partial charge in [0.15, 0.2) is 0 Å². The smallest absolute Gasteiger partial charge is 0.282 e. The van der Waals surface area contributed by atoms with E-state index in [0.717, 1.165) is 5.56 Å². The number of methoxy groups -OCH3 is 1. The Kier molecular flexibility index (Phi) is 5.48. The zero-order valence-corrected chi connectivity index (χ0v) is 17.4. The molecule has 7 heteroatoms. The summed E-state index contributed by atoms with van der Waals surface area (Å²) in [5, 5.41) is 10.6. The number of aromatic hydroxyl groups is 1. The van der Waals surface area contributed by atoms with Crippen molar-refractivity contribution in [2.24, 2.45) is 4.99 Å². The van der Waals surface area contributed by atoms with Gasteiger partial charge in [-0.15, -0.1) is 0 Å². The summed E-state index contributed by atoms with van der Waals surface area (Å²) < 4.78 is 5.22. The molecule has 0 atom stereocenters. The third-order valence-electron chi connectivity index (χ3n) is 4.57. The zero-order valence-electron chi connectivity index (χ0n) is 15.8. The standard InChI is InChI=1S/C23H16Cl2N2O3/c1-30-19-10-3-14(4-11-19)22-26-21(12-15-2-5-16(24)13-20(15)25)23(29)27(22)17-6-8-18(28)9-7-17/h2-13,28H,1H3/b21-12+. The maximum Gasteiger partial charge on any atom is 0.282 e. The van der Waals surface area contributed by atoms with Crippen molar-refractivity contribution in [2.45, 2.75) is 0 Å². The first-order valence-electron chi connectivity index (χ1n) is 8.99. The number of ether oxygens (including phenoxy) is 1. The average molecular weight is 439 g/mol. The molecule has 0 fully saturated rings. The molecule has 30 heavy (non-hydrogen) atoms. The van der Waals surface area contributed by atoms with Crippen molar-refractivity contribution in [3.63, 3.8) is 0 Å². The number of hydrogen-bond acceptors (Lipinski definition) is 4. The summed E-state index contributed by atoms with van der Waals surface area (Å²) in [5.41, 5.74) is 2.19. The van der Waals surface area contributed by atoms with Crippen LogP contribution in [0, 0.1) is 0 Å². The van der Waals surface area contributed by atoms with E-state index in [1.54, 1.807) is 55.7 Å². The van der Waals surface area contributed by atoms with Crippen LogP contribution in [0.5, 0.6) is 11.5 Å². The Labute approximate surface area is 183 Å². The fourth-order valence-electron chi connectivity index (χ4n) is 3.06. The van der Waals surface area contributed by atoms with Gasteiger partial charge < -0.3 is 9.84 Å². The number of halogens is 2. The first-order chi connectivity index (χ1) is 14.5. The van der Waals surface area contributed by atoms with E-state index in [4.69, 9.17) is 27.9 Å². The predicted molar refractivity (Wildman–Crippen MR) is 120 cm³/mol. The topological polar surface area (TPSA) is 62.1 Å². The molecule has 3 aromatic rings. The van der Waals surface area contributed by atoms with Crippen molar-refractivity contribution in [2.75, 3.05) is 12.0 Å². The lowest BCUT2D eigenvalue weighted by Gasteiger charge is -2.18. The lowest BCUT2D eigenvalue weighted by molar-refractivity contribution is -0.113. The number of nitrogens with zero attached hydrogens (tertiary/aromatic N) is 2. The second-order valence-corrected chi connectivity index (χ2v) is 7.36. The van der Waals surface area contributed by atoms with Gasteiger partial charge in [0.2, 0.25) is 0 Å². The molecule has 1 amide bonds. The minimum Gasteiger partial charge on any atom is -0.508 e. The number of anilines is 1. The van der Waals surface area contributed by atoms with Crippen LogP contribution in [0.25, 0.3) is 6.08 Å². The molecule has 150 valence electrons. The fraction of sp³-hybridized carbons (Fsp3) is 0.0435. The van der Waals surface area contributed by atoms with Crippen molar-refractivity contribution in [3.05, 3.63) is 93.6 Å². The van der Waals surface area contributed by atoms with E-state index in [1.165, 1.54) is 17.0 Å². The van der Waals surface area contributed by atoms with Gasteiger partial charge in [-0.25, -0.2) is 4.99 Å². The van der Waals surface area contributed by atoms with Gasteiger partial charge >= 0.3 is 0 Å². The van der Waals surface area contributed by atoms with Crippen molar-refractivity contribution in [3.8, 4) is 11.5 Å². The quantitative estimate of drug-likeness (QED) is 0.543. The maximum atomic E-state index is 13.3. The summed E-state index contributed by atoms with van der Waals surface area (Å²) in [5.74, 6) is 0.961. The SMILES string of the molecule is COc1ccc(C2=N/C(=C/c3ccc(Cl)cc3Cl)C(=O)N2c2ccc(O)cc2)cc1. The minimum absolute atomic E-state index is 0.108. The molecule has 0 aliphatic carbocycles. The van der Waals surface area contributed by atoms with E-state index in [0.29, 0.717) is 32.9 Å². The highest BCUT2D eigenvalue weighted by Gasteiger charge is 2.32. The first kappa shape index (κ1) is 20.0. The summed E-state index contributed by atoms with van der Waals surface area (Å²) in [7, 11) is 1.59. The molecule has 1 aliphatic rings. The Morgan fingerprint density at radius 1 is 1.00 bits per heavy atom. The van der Waals surface area contributed by atoms with E-state index in [1.807, 2.05) is 12.1 Å². The summed E-state index contributed by atoms with van der Waals surface area (Å²) in [6.45, 7) is 0. The molecule has 5 nitrogen and oxygen atoms in total. The van der Waals surface area contributed by atoms with Gasteiger partial charge in [-0.05, 0) is 72.3 Å². The van der Waals surface area contributed by atoms with Crippen molar-refractivity contribution < 1.29 is 14.6 Å². The zero-order chi connectivity index (χ0) is 21.3. The number of amidine groups is 1. The van der Waals surface area contributed by atoms with Crippen LogP contribution in [0.3, 0.4) is 0 Å². The number of carbonyl (C=O) groups is 1. The molecule has 0 bridgehead atoms. The summed E-state index contributed by atoms with van der Waals surface area (Å²) in [6, 6.07) is 18.7. The second-order valence-electron chi connectivity index (χ2n) is 6.52. The maximum absolute atomic E-state index is 13.3. The Morgan fingerprint density at radius 3 is 2.33 bits per heavy atom. The van der Waals surface area contributed by atoms with E-state index >= 15 is 0 Å². The summed E-state index contributed by atoms with van der Waals surface area (Å²) in [4.78, 5) is 19.4. The highest BCUT2D eigenvalue weighted by atomic mass is 35.5. The highest BCUT2D eigenvalue weighted by Crippen LogP contribution is 2.31. The van der Waals surface area contributed by atoms with Gasteiger partial charge in [-0.1, -0.05) is 29.3 Å². The van der Waals surface area contributed by atoms with E-state index in [9.17, 15) is 9.90 Å². The van der Waals surface area contributed by atoms with Gasteiger partial charge in [0.1, 0.15) is 23.0 Å². The van der Waals surface area contributed by atoms with Crippen molar-refractivity contribution >= 4 is 46.7 Å². The number of phenols is 1. The van der Waals surface area contributed by atoms with Gasteiger partial charge in [-0.2, -0.15) is 0 Å². The third kappa shape index (κ3) is 3.90. The normalized spacial score (nSPS) is 14.9. The van der Waals surface area contributed by atoms with Crippen LogP contribution in [0.4, 0.5) is 5.69 Å². The number of amides is 1. The molecular weight excluding hydrogens is 423 g/mol. The molecule has 1 aliphatic heterocycles. The van der Waals surface area contributed by atoms with Crippen molar-refractivity contribution in [1.29, 1.82) is 0 Å². The molecule has 0 saturated heterocycles. The van der Waals surface area contributed by atoms with Gasteiger partial charge in [-0.3, -0.25) is 9.69 Å². The van der Waals surface area contributed by atoms with Gasteiger partial charge in [0.25, 0.3) is 5.91 Å². The van der Waals surface area contributed by atoms with Crippen LogP contribution in [-0.4, -0.2) is 24.0 Å². The van der Waals surface area contributed by atoms with E-state index in [2.05, 4.69) is 4.99 Å². The van der Waals surface area contributed by atoms with E-state index < -0.39 is 0 Å². The fourth-order valence-corrected chi connectivity index (χ4v) is 3.52. The molecule has 1 N–H and O–H groups in total. The Morgan fingerprint density at radius 2 is 1.70 bits per heavy atom. The van der Waals surface area contributed by atoms with Crippen LogP contribution in [0.1, 0.15) is 11.1 Å². The van der Waals surface area contributed by atoms with Crippen LogP contribution in [-0.2, 0) is 4.79 Å².